The van der Waals surface area contributed by atoms with E-state index in [1.54, 1.807) is 60.7 Å². The topological polar surface area (TPSA) is 119 Å². The number of benzene rings is 2. The summed E-state index contributed by atoms with van der Waals surface area (Å²) in [4.78, 5) is 37.5. The average molecular weight is 403 g/mol. The van der Waals surface area contributed by atoms with Crippen molar-refractivity contribution in [3.8, 4) is 0 Å². The highest BCUT2D eigenvalue weighted by molar-refractivity contribution is 6.03. The molecule has 0 atom stereocenters. The molecule has 0 saturated heterocycles. The lowest BCUT2D eigenvalue weighted by Gasteiger charge is -2.11. The second-order valence-electron chi connectivity index (χ2n) is 6.43. The van der Waals surface area contributed by atoms with E-state index in [2.05, 4.69) is 20.9 Å². The molecule has 0 aliphatic rings. The zero-order valence-electron chi connectivity index (χ0n) is 15.7. The number of fused-ring (bicyclic) bond motifs is 1. The summed E-state index contributed by atoms with van der Waals surface area (Å²) in [5.41, 5.74) is 0.647. The van der Waals surface area contributed by atoms with Gasteiger partial charge in [0.15, 0.2) is 0 Å². The summed E-state index contributed by atoms with van der Waals surface area (Å²) in [6, 6.07) is 16.8. The fourth-order valence-electron chi connectivity index (χ4n) is 2.92. The van der Waals surface area contributed by atoms with Crippen LogP contribution < -0.4 is 16.2 Å². The largest absolute Gasteiger partial charge is 0.467 e. The van der Waals surface area contributed by atoms with Crippen LogP contribution in [0.5, 0.6) is 0 Å². The van der Waals surface area contributed by atoms with Gasteiger partial charge in [-0.05, 0) is 36.4 Å². The third-order valence-corrected chi connectivity index (χ3v) is 4.37. The Morgan fingerprint density at radius 1 is 1.00 bits per heavy atom. The van der Waals surface area contributed by atoms with E-state index in [0.29, 0.717) is 22.4 Å². The Labute approximate surface area is 170 Å². The number of amides is 2. The Bertz CT molecular complexity index is 1260. The van der Waals surface area contributed by atoms with Crippen LogP contribution in [0.2, 0.25) is 0 Å². The summed E-state index contributed by atoms with van der Waals surface area (Å²) in [5.74, 6) is -0.267. The molecule has 0 spiro atoms. The highest BCUT2D eigenvalue weighted by Crippen LogP contribution is 2.15. The number of para-hydroxylation sites is 1. The maximum absolute atomic E-state index is 12.5. The number of rotatable bonds is 6. The van der Waals surface area contributed by atoms with Crippen molar-refractivity contribution in [3.63, 3.8) is 0 Å². The van der Waals surface area contributed by atoms with E-state index in [0.717, 1.165) is 4.68 Å². The molecule has 2 amide bonds. The molecule has 2 aromatic heterocycles. The molecule has 2 aromatic carbocycles. The normalized spacial score (nSPS) is 10.7. The molecule has 30 heavy (non-hydrogen) atoms. The van der Waals surface area contributed by atoms with Crippen LogP contribution in [-0.4, -0.2) is 26.8 Å². The summed E-state index contributed by atoms with van der Waals surface area (Å²) < 4.78 is 6.18. The summed E-state index contributed by atoms with van der Waals surface area (Å²) in [7, 11) is 0. The molecule has 0 saturated carbocycles. The Balaban J connectivity index is 1.48. The number of nitrogens with zero attached hydrogens (tertiary/aromatic N) is 3. The van der Waals surface area contributed by atoms with Gasteiger partial charge >= 0.3 is 0 Å². The lowest BCUT2D eigenvalue weighted by atomic mass is 10.1. The summed E-state index contributed by atoms with van der Waals surface area (Å²) in [5, 5.41) is 13.5. The van der Waals surface area contributed by atoms with E-state index >= 15 is 0 Å². The van der Waals surface area contributed by atoms with E-state index in [4.69, 9.17) is 4.42 Å². The van der Waals surface area contributed by atoms with Crippen molar-refractivity contribution in [2.24, 2.45) is 0 Å². The zero-order valence-corrected chi connectivity index (χ0v) is 15.7. The van der Waals surface area contributed by atoms with Gasteiger partial charge in [-0.15, -0.1) is 5.10 Å². The Morgan fingerprint density at radius 3 is 2.63 bits per heavy atom. The molecule has 9 heteroatoms. The zero-order chi connectivity index (χ0) is 20.9. The van der Waals surface area contributed by atoms with E-state index in [-0.39, 0.29) is 24.6 Å². The minimum absolute atomic E-state index is 0.218. The number of furan rings is 1. The fourth-order valence-corrected chi connectivity index (χ4v) is 2.92. The first-order valence-corrected chi connectivity index (χ1v) is 9.14. The number of nitrogens with one attached hydrogen (secondary N) is 2. The molecule has 0 radical (unpaired) electrons. The van der Waals surface area contributed by atoms with Crippen molar-refractivity contribution >= 4 is 28.4 Å². The van der Waals surface area contributed by atoms with Crippen LogP contribution in [0.3, 0.4) is 0 Å². The first kappa shape index (κ1) is 19.1. The average Bonchev–Trinajstić information content (AvgIpc) is 3.28. The van der Waals surface area contributed by atoms with Crippen molar-refractivity contribution in [2.45, 2.75) is 13.1 Å². The van der Waals surface area contributed by atoms with Crippen LogP contribution in [0.15, 0.2) is 76.1 Å². The minimum atomic E-state index is -0.507. The van der Waals surface area contributed by atoms with Crippen molar-refractivity contribution in [2.75, 3.05) is 5.32 Å². The molecule has 4 rings (SSSR count). The SMILES string of the molecule is O=C(Cn1nnc2ccccc2c1=O)Nc1ccccc1C(=O)NCc1ccco1. The molecule has 0 fully saturated rings. The molecular formula is C21H17N5O4. The fraction of sp³-hybridized carbons (Fsp3) is 0.0952. The minimum Gasteiger partial charge on any atom is -0.467 e. The van der Waals surface area contributed by atoms with Gasteiger partial charge in [0, 0.05) is 0 Å². The third kappa shape index (κ3) is 4.09. The smallest absolute Gasteiger partial charge is 0.278 e. The molecule has 0 aliphatic heterocycles. The van der Waals surface area contributed by atoms with E-state index < -0.39 is 11.5 Å². The summed E-state index contributed by atoms with van der Waals surface area (Å²) in [6.07, 6.45) is 1.52. The van der Waals surface area contributed by atoms with Gasteiger partial charge < -0.3 is 15.1 Å². The quantitative estimate of drug-likeness (QED) is 0.508. The number of aromatic nitrogens is 3. The van der Waals surface area contributed by atoms with E-state index in [1.807, 2.05) is 0 Å². The van der Waals surface area contributed by atoms with Crippen molar-refractivity contribution in [1.29, 1.82) is 0 Å². The second-order valence-corrected chi connectivity index (χ2v) is 6.43. The number of anilines is 1. The highest BCUT2D eigenvalue weighted by atomic mass is 16.3. The van der Waals surface area contributed by atoms with Gasteiger partial charge in [-0.1, -0.05) is 29.5 Å². The van der Waals surface area contributed by atoms with Crippen LogP contribution in [0.25, 0.3) is 10.9 Å². The number of carbonyl (C=O) groups is 2. The van der Waals surface area contributed by atoms with Gasteiger partial charge in [0.25, 0.3) is 11.5 Å². The predicted molar refractivity (Wildman–Crippen MR) is 109 cm³/mol. The predicted octanol–water partition coefficient (Wildman–Crippen LogP) is 1.95. The second kappa shape index (κ2) is 8.39. The molecule has 0 unspecified atom stereocenters. The first-order valence-electron chi connectivity index (χ1n) is 9.14. The number of hydrogen-bond donors (Lipinski definition) is 2. The summed E-state index contributed by atoms with van der Waals surface area (Å²) >= 11 is 0. The lowest BCUT2D eigenvalue weighted by molar-refractivity contribution is -0.117. The van der Waals surface area contributed by atoms with Crippen LogP contribution in [0.4, 0.5) is 5.69 Å². The Morgan fingerprint density at radius 2 is 1.80 bits per heavy atom. The molecular weight excluding hydrogens is 386 g/mol. The maximum atomic E-state index is 12.5. The van der Waals surface area contributed by atoms with Crippen LogP contribution >= 0.6 is 0 Å². The van der Waals surface area contributed by atoms with Crippen molar-refractivity contribution < 1.29 is 14.0 Å². The standard InChI is InChI=1S/C21H17N5O4/c27-19(13-26-21(29)16-8-2-4-10-18(16)24-25-26)23-17-9-3-1-7-15(17)20(28)22-12-14-6-5-11-30-14/h1-11H,12-13H2,(H,22,28)(H,23,27). The molecule has 9 nitrogen and oxygen atoms in total. The van der Waals surface area contributed by atoms with Crippen LogP contribution in [0.1, 0.15) is 16.1 Å². The number of carbonyl (C=O) groups excluding carboxylic acids is 2. The maximum Gasteiger partial charge on any atom is 0.278 e. The molecule has 4 aromatic rings. The van der Waals surface area contributed by atoms with Gasteiger partial charge in [0.05, 0.1) is 29.4 Å². The van der Waals surface area contributed by atoms with Gasteiger partial charge in [-0.3, -0.25) is 14.4 Å². The molecule has 2 N–H and O–H groups in total. The molecule has 0 aliphatic carbocycles. The van der Waals surface area contributed by atoms with Crippen LogP contribution in [-0.2, 0) is 17.9 Å². The van der Waals surface area contributed by atoms with Crippen molar-refractivity contribution in [3.05, 3.63) is 88.6 Å². The molecule has 0 bridgehead atoms. The molecule has 2 heterocycles. The highest BCUT2D eigenvalue weighted by Gasteiger charge is 2.15. The van der Waals surface area contributed by atoms with Gasteiger partial charge in [-0.25, -0.2) is 4.68 Å². The summed E-state index contributed by atoms with van der Waals surface area (Å²) in [6.45, 7) is -0.116. The van der Waals surface area contributed by atoms with Gasteiger partial charge in [0.1, 0.15) is 17.8 Å². The van der Waals surface area contributed by atoms with Crippen LogP contribution in [0, 0.1) is 0 Å². The number of hydrogen-bond acceptors (Lipinski definition) is 6. The molecule has 150 valence electrons. The third-order valence-electron chi connectivity index (χ3n) is 4.37. The Kier molecular flexibility index (Phi) is 5.33. The van der Waals surface area contributed by atoms with Crippen molar-refractivity contribution in [1.82, 2.24) is 20.3 Å². The van der Waals surface area contributed by atoms with E-state index in [1.165, 1.54) is 6.26 Å². The van der Waals surface area contributed by atoms with Gasteiger partial charge in [0.2, 0.25) is 5.91 Å². The van der Waals surface area contributed by atoms with Gasteiger partial charge in [-0.2, -0.15) is 0 Å². The Hall–Kier alpha value is -4.27. The first-order chi connectivity index (χ1) is 14.6. The monoisotopic (exact) mass is 403 g/mol. The lowest BCUT2D eigenvalue weighted by Crippen LogP contribution is -2.31. The van der Waals surface area contributed by atoms with E-state index in [9.17, 15) is 14.4 Å².